The second-order valence-electron chi connectivity index (χ2n) is 3.16. The highest BCUT2D eigenvalue weighted by Crippen LogP contribution is 2.21. The average molecular weight is 251 g/mol. The molecule has 2 heterocycles. The smallest absolute Gasteiger partial charge is 0.338 e. The largest absolute Gasteiger partial charge is 0.472 e. The lowest BCUT2D eigenvalue weighted by molar-refractivity contribution is 0.0601. The molecule has 1 N–H and O–H groups in total. The first-order valence-electron chi connectivity index (χ1n) is 4.71. The number of carbonyl (C=O) groups excluding carboxylic acids is 2. The Morgan fingerprint density at radius 2 is 2.24 bits per heavy atom. The van der Waals surface area contributed by atoms with E-state index in [1.165, 1.54) is 31.0 Å². The highest BCUT2D eigenvalue weighted by atomic mass is 32.1. The van der Waals surface area contributed by atoms with Crippen LogP contribution in [-0.4, -0.2) is 19.0 Å². The van der Waals surface area contributed by atoms with Crippen LogP contribution in [0.4, 0.5) is 5.00 Å². The third-order valence-electron chi connectivity index (χ3n) is 2.04. The van der Waals surface area contributed by atoms with E-state index in [4.69, 9.17) is 4.42 Å². The molecule has 0 fully saturated rings. The van der Waals surface area contributed by atoms with E-state index in [1.807, 2.05) is 0 Å². The highest BCUT2D eigenvalue weighted by Gasteiger charge is 2.12. The van der Waals surface area contributed by atoms with Gasteiger partial charge in [0.1, 0.15) is 6.26 Å². The molecule has 0 atom stereocenters. The summed E-state index contributed by atoms with van der Waals surface area (Å²) in [7, 11) is 1.31. The first kappa shape index (κ1) is 11.4. The molecule has 2 rings (SSSR count). The molecule has 5 nitrogen and oxygen atoms in total. The molecule has 0 aliphatic carbocycles. The fraction of sp³-hybridized carbons (Fsp3) is 0.0909. The van der Waals surface area contributed by atoms with Crippen LogP contribution in [-0.2, 0) is 4.74 Å². The Labute approximate surface area is 101 Å². The van der Waals surface area contributed by atoms with Gasteiger partial charge in [-0.2, -0.15) is 0 Å². The Balaban J connectivity index is 2.07. The summed E-state index contributed by atoms with van der Waals surface area (Å²) in [5.41, 5.74) is 0.845. The molecule has 0 saturated carbocycles. The van der Waals surface area contributed by atoms with E-state index < -0.39 is 5.97 Å². The maximum atomic E-state index is 11.6. The quantitative estimate of drug-likeness (QED) is 0.850. The van der Waals surface area contributed by atoms with Gasteiger partial charge in [-0.15, -0.1) is 11.3 Å². The number of hydrogen-bond acceptors (Lipinski definition) is 5. The lowest BCUT2D eigenvalue weighted by Gasteiger charge is -1.98. The van der Waals surface area contributed by atoms with Crippen LogP contribution in [0.25, 0.3) is 0 Å². The van der Waals surface area contributed by atoms with Crippen LogP contribution < -0.4 is 5.32 Å². The van der Waals surface area contributed by atoms with Crippen molar-refractivity contribution in [3.05, 3.63) is 41.2 Å². The molecule has 0 radical (unpaired) electrons. The fourth-order valence-corrected chi connectivity index (χ4v) is 1.97. The molecule has 0 spiro atoms. The molecule has 1 amide bonds. The summed E-state index contributed by atoms with van der Waals surface area (Å²) in [6.45, 7) is 0. The number of esters is 1. The molecule has 0 unspecified atom stereocenters. The maximum Gasteiger partial charge on any atom is 0.338 e. The second-order valence-corrected chi connectivity index (χ2v) is 4.07. The second kappa shape index (κ2) is 4.84. The van der Waals surface area contributed by atoms with Crippen LogP contribution in [0.15, 0.2) is 34.5 Å². The summed E-state index contributed by atoms with van der Waals surface area (Å²) < 4.78 is 9.37. The lowest BCUT2D eigenvalue weighted by Crippen LogP contribution is -2.09. The van der Waals surface area contributed by atoms with Gasteiger partial charge in [0.15, 0.2) is 0 Å². The van der Waals surface area contributed by atoms with E-state index in [9.17, 15) is 9.59 Å². The molecular formula is C11H9NO4S. The number of amides is 1. The van der Waals surface area contributed by atoms with Crippen molar-refractivity contribution < 1.29 is 18.7 Å². The zero-order valence-electron chi connectivity index (χ0n) is 8.93. The van der Waals surface area contributed by atoms with Gasteiger partial charge in [0, 0.05) is 5.38 Å². The summed E-state index contributed by atoms with van der Waals surface area (Å²) in [4.78, 5) is 22.8. The third-order valence-corrected chi connectivity index (χ3v) is 2.89. The fourth-order valence-electron chi connectivity index (χ4n) is 1.20. The van der Waals surface area contributed by atoms with Crippen molar-refractivity contribution >= 4 is 28.2 Å². The minimum Gasteiger partial charge on any atom is -0.472 e. The number of thiophene rings is 1. The highest BCUT2D eigenvalue weighted by molar-refractivity contribution is 7.14. The lowest BCUT2D eigenvalue weighted by atomic mass is 10.3. The van der Waals surface area contributed by atoms with E-state index in [0.717, 1.165) is 0 Å². The number of nitrogens with one attached hydrogen (secondary N) is 1. The van der Waals surface area contributed by atoms with E-state index in [0.29, 0.717) is 16.1 Å². The Hall–Kier alpha value is -2.08. The van der Waals surface area contributed by atoms with Crippen molar-refractivity contribution in [1.29, 1.82) is 0 Å². The minimum atomic E-state index is -0.426. The van der Waals surface area contributed by atoms with Crippen molar-refractivity contribution in [1.82, 2.24) is 0 Å². The van der Waals surface area contributed by atoms with Crippen LogP contribution in [0.5, 0.6) is 0 Å². The molecule has 0 saturated heterocycles. The number of carbonyl (C=O) groups is 2. The number of hydrogen-bond donors (Lipinski definition) is 1. The molecule has 0 aliphatic heterocycles. The van der Waals surface area contributed by atoms with Gasteiger partial charge in [-0.25, -0.2) is 4.79 Å². The first-order chi connectivity index (χ1) is 8.20. The van der Waals surface area contributed by atoms with Crippen molar-refractivity contribution in [2.75, 3.05) is 12.4 Å². The molecule has 0 aromatic carbocycles. The molecule has 0 bridgehead atoms. The van der Waals surface area contributed by atoms with Crippen LogP contribution in [0, 0.1) is 0 Å². The van der Waals surface area contributed by atoms with Crippen LogP contribution in [0.2, 0.25) is 0 Å². The third kappa shape index (κ3) is 2.54. The molecule has 88 valence electrons. The van der Waals surface area contributed by atoms with Gasteiger partial charge in [0.2, 0.25) is 0 Å². The number of rotatable bonds is 3. The van der Waals surface area contributed by atoms with Gasteiger partial charge in [0.25, 0.3) is 5.91 Å². The van der Waals surface area contributed by atoms with Gasteiger partial charge in [0.05, 0.1) is 29.5 Å². The van der Waals surface area contributed by atoms with E-state index in [2.05, 4.69) is 10.1 Å². The first-order valence-corrected chi connectivity index (χ1v) is 5.59. The SMILES string of the molecule is COC(=O)c1csc(NC(=O)c2ccoc2)c1. The molecule has 17 heavy (non-hydrogen) atoms. The van der Waals surface area contributed by atoms with Gasteiger partial charge < -0.3 is 14.5 Å². The monoisotopic (exact) mass is 251 g/mol. The number of anilines is 1. The maximum absolute atomic E-state index is 11.6. The van der Waals surface area contributed by atoms with Crippen molar-refractivity contribution in [2.24, 2.45) is 0 Å². The van der Waals surface area contributed by atoms with E-state index in [1.54, 1.807) is 17.5 Å². The Kier molecular flexibility index (Phi) is 3.24. The van der Waals surface area contributed by atoms with E-state index >= 15 is 0 Å². The predicted molar refractivity (Wildman–Crippen MR) is 62.3 cm³/mol. The number of methoxy groups -OCH3 is 1. The summed E-state index contributed by atoms with van der Waals surface area (Å²) in [5, 5.41) is 4.86. The Bertz CT molecular complexity index is 529. The van der Waals surface area contributed by atoms with Crippen molar-refractivity contribution in [3.63, 3.8) is 0 Å². The normalized spacial score (nSPS) is 9.94. The Morgan fingerprint density at radius 1 is 1.41 bits per heavy atom. The summed E-state index contributed by atoms with van der Waals surface area (Å²) >= 11 is 1.26. The summed E-state index contributed by atoms with van der Waals surface area (Å²) in [6, 6.07) is 3.12. The molecule has 2 aromatic heterocycles. The number of furan rings is 1. The van der Waals surface area contributed by atoms with E-state index in [-0.39, 0.29) is 5.91 Å². The molecule has 2 aromatic rings. The molecule has 0 aliphatic rings. The zero-order chi connectivity index (χ0) is 12.3. The minimum absolute atomic E-state index is 0.281. The van der Waals surface area contributed by atoms with Gasteiger partial charge in [-0.1, -0.05) is 0 Å². The topological polar surface area (TPSA) is 68.5 Å². The Morgan fingerprint density at radius 3 is 2.88 bits per heavy atom. The van der Waals surface area contributed by atoms with Crippen LogP contribution in [0.3, 0.4) is 0 Å². The van der Waals surface area contributed by atoms with Crippen LogP contribution in [0.1, 0.15) is 20.7 Å². The van der Waals surface area contributed by atoms with Gasteiger partial charge in [-0.05, 0) is 12.1 Å². The molecular weight excluding hydrogens is 242 g/mol. The zero-order valence-corrected chi connectivity index (χ0v) is 9.74. The van der Waals surface area contributed by atoms with Crippen molar-refractivity contribution in [3.8, 4) is 0 Å². The van der Waals surface area contributed by atoms with Crippen molar-refractivity contribution in [2.45, 2.75) is 0 Å². The molecule has 6 heteroatoms. The number of ether oxygens (including phenoxy) is 1. The van der Waals surface area contributed by atoms with Gasteiger partial charge in [-0.3, -0.25) is 4.79 Å². The average Bonchev–Trinajstić information content (AvgIpc) is 2.98. The van der Waals surface area contributed by atoms with Crippen LogP contribution >= 0.6 is 11.3 Å². The summed E-state index contributed by atoms with van der Waals surface area (Å²) in [6.07, 6.45) is 2.77. The predicted octanol–water partition coefficient (Wildman–Crippen LogP) is 2.38. The standard InChI is InChI=1S/C11H9NO4S/c1-15-11(14)8-4-9(17-6-8)12-10(13)7-2-3-16-5-7/h2-6H,1H3,(H,12,13). The summed E-state index contributed by atoms with van der Waals surface area (Å²) in [5.74, 6) is -0.706. The van der Waals surface area contributed by atoms with Gasteiger partial charge >= 0.3 is 5.97 Å².